The summed E-state index contributed by atoms with van der Waals surface area (Å²) in [6.07, 6.45) is 9.36. The Kier molecular flexibility index (Phi) is 6.73. The highest BCUT2D eigenvalue weighted by molar-refractivity contribution is 8.01. The maximum atomic E-state index is 13.1. The second-order valence-electron chi connectivity index (χ2n) is 8.26. The third-order valence-electron chi connectivity index (χ3n) is 5.56. The predicted octanol–water partition coefficient (Wildman–Crippen LogP) is 4.83. The molecule has 1 aliphatic rings. The summed E-state index contributed by atoms with van der Waals surface area (Å²) < 4.78 is 5.09. The van der Waals surface area contributed by atoms with E-state index in [4.69, 9.17) is 11.6 Å². The van der Waals surface area contributed by atoms with Gasteiger partial charge in [0.05, 0.1) is 28.3 Å². The maximum Gasteiger partial charge on any atom is 0.280 e. The second kappa shape index (κ2) is 9.91. The van der Waals surface area contributed by atoms with Crippen LogP contribution in [0.2, 0.25) is 5.02 Å². The number of amides is 1. The zero-order chi connectivity index (χ0) is 23.7. The predicted molar refractivity (Wildman–Crippen MR) is 136 cm³/mol. The van der Waals surface area contributed by atoms with Crippen molar-refractivity contribution in [2.45, 2.75) is 31.1 Å². The van der Waals surface area contributed by atoms with Gasteiger partial charge in [-0.3, -0.25) is 9.78 Å². The van der Waals surface area contributed by atoms with Gasteiger partial charge in [0.1, 0.15) is 0 Å². The number of carbonyl (C=O) groups is 1. The lowest BCUT2D eigenvalue weighted by molar-refractivity contribution is 0.0907. The minimum absolute atomic E-state index is 0.0899. The smallest absolute Gasteiger partial charge is 0.280 e. The van der Waals surface area contributed by atoms with Crippen molar-refractivity contribution in [1.29, 1.82) is 0 Å². The molecule has 0 saturated heterocycles. The summed E-state index contributed by atoms with van der Waals surface area (Å²) in [5.41, 5.74) is 3.31. The molecule has 4 aromatic rings. The number of nitrogens with one attached hydrogen (secondary N) is 2. The molecule has 11 heteroatoms. The molecule has 5 rings (SSSR count). The zero-order valence-electron chi connectivity index (χ0n) is 18.3. The van der Waals surface area contributed by atoms with Crippen LogP contribution in [-0.2, 0) is 0 Å². The fourth-order valence-electron chi connectivity index (χ4n) is 3.48. The van der Waals surface area contributed by atoms with Crippen LogP contribution < -0.4 is 10.0 Å². The highest BCUT2D eigenvalue weighted by atomic mass is 35.5. The second-order valence-corrected chi connectivity index (χ2v) is 10.8. The highest BCUT2D eigenvalue weighted by Gasteiger charge is 2.26. The van der Waals surface area contributed by atoms with E-state index in [1.165, 1.54) is 24.2 Å². The summed E-state index contributed by atoms with van der Waals surface area (Å²) in [7, 11) is 0. The summed E-state index contributed by atoms with van der Waals surface area (Å²) in [6.45, 7) is 1.79. The molecule has 2 unspecified atom stereocenters. The molecule has 34 heavy (non-hydrogen) atoms. The highest BCUT2D eigenvalue weighted by Crippen LogP contribution is 2.35. The van der Waals surface area contributed by atoms with E-state index >= 15 is 0 Å². The van der Waals surface area contributed by atoms with Gasteiger partial charge < -0.3 is 15.1 Å². The first kappa shape index (κ1) is 23.1. The molecule has 176 valence electrons. The number of aliphatic hydroxyl groups is 1. The standard InChI is InChI=1S/C23H23ClN6O2S2/c1-13(12-31)21(18-9-15(4-6-25-18)29-34-16-2-3-16)28-22(32)23-26-11-20(33-23)17-10-27-30-7-5-14(24)8-19(17)30/h4-11,13,16,21,31H,2-3,12H2,1H3,(H,25,29)(H,28,32). The van der Waals surface area contributed by atoms with E-state index in [0.717, 1.165) is 21.6 Å². The number of nitrogens with zero attached hydrogens (tertiary/aromatic N) is 4. The van der Waals surface area contributed by atoms with Gasteiger partial charge in [-0.25, -0.2) is 9.50 Å². The Morgan fingerprint density at radius 3 is 2.97 bits per heavy atom. The summed E-state index contributed by atoms with van der Waals surface area (Å²) in [4.78, 5) is 22.8. The number of hydrogen-bond donors (Lipinski definition) is 3. The number of fused-ring (bicyclic) bond motifs is 1. The first-order valence-electron chi connectivity index (χ1n) is 10.9. The molecule has 0 aliphatic heterocycles. The molecule has 2 atom stereocenters. The maximum absolute atomic E-state index is 13.1. The number of carbonyl (C=O) groups excluding carboxylic acids is 1. The van der Waals surface area contributed by atoms with Crippen molar-refractivity contribution < 1.29 is 9.90 Å². The Labute approximate surface area is 209 Å². The van der Waals surface area contributed by atoms with E-state index in [0.29, 0.717) is 21.0 Å². The number of aromatic nitrogens is 4. The average molecular weight is 515 g/mol. The first-order chi connectivity index (χ1) is 16.5. The third-order valence-corrected chi connectivity index (χ3v) is 7.98. The van der Waals surface area contributed by atoms with Crippen molar-refractivity contribution in [2.75, 3.05) is 11.3 Å². The van der Waals surface area contributed by atoms with E-state index in [2.05, 4.69) is 25.1 Å². The zero-order valence-corrected chi connectivity index (χ0v) is 20.7. The fourth-order valence-corrected chi connectivity index (χ4v) is 5.28. The molecule has 0 spiro atoms. The van der Waals surface area contributed by atoms with Crippen LogP contribution in [0.4, 0.5) is 5.69 Å². The summed E-state index contributed by atoms with van der Waals surface area (Å²) in [5.74, 6) is -0.549. The average Bonchev–Trinajstić information content (AvgIpc) is 3.39. The van der Waals surface area contributed by atoms with Gasteiger partial charge in [-0.05, 0) is 49.1 Å². The van der Waals surface area contributed by atoms with E-state index in [1.54, 1.807) is 47.3 Å². The van der Waals surface area contributed by atoms with E-state index in [-0.39, 0.29) is 18.4 Å². The largest absolute Gasteiger partial charge is 0.396 e. The SMILES string of the molecule is CC(CO)C(NC(=O)c1ncc(-c2cnn3ccc(Cl)cc23)s1)c1cc(NSC2CC2)ccn1. The molecule has 0 aromatic carbocycles. The number of aliphatic hydroxyl groups excluding tert-OH is 1. The van der Waals surface area contributed by atoms with E-state index in [1.807, 2.05) is 25.1 Å². The lowest BCUT2D eigenvalue weighted by Crippen LogP contribution is -2.34. The van der Waals surface area contributed by atoms with Crippen LogP contribution in [0, 0.1) is 5.92 Å². The number of anilines is 1. The quantitative estimate of drug-likeness (QED) is 0.275. The number of pyridine rings is 2. The molecular weight excluding hydrogens is 492 g/mol. The van der Waals surface area contributed by atoms with Crippen LogP contribution >= 0.6 is 34.9 Å². The van der Waals surface area contributed by atoms with Gasteiger partial charge in [0.15, 0.2) is 5.01 Å². The van der Waals surface area contributed by atoms with Crippen molar-refractivity contribution in [1.82, 2.24) is 24.9 Å². The van der Waals surface area contributed by atoms with Crippen LogP contribution in [0.5, 0.6) is 0 Å². The normalized spacial score (nSPS) is 15.3. The molecule has 8 nitrogen and oxygen atoms in total. The van der Waals surface area contributed by atoms with Crippen LogP contribution in [-0.4, -0.2) is 42.5 Å². The van der Waals surface area contributed by atoms with Gasteiger partial charge in [0.2, 0.25) is 0 Å². The Hall–Kier alpha value is -2.66. The third kappa shape index (κ3) is 5.05. The lowest BCUT2D eigenvalue weighted by Gasteiger charge is -2.23. The molecule has 1 fully saturated rings. The van der Waals surface area contributed by atoms with Gasteiger partial charge >= 0.3 is 0 Å². The number of halogens is 1. The van der Waals surface area contributed by atoms with Crippen molar-refractivity contribution in [2.24, 2.45) is 5.92 Å². The lowest BCUT2D eigenvalue weighted by atomic mass is 9.99. The molecule has 1 aliphatic carbocycles. The van der Waals surface area contributed by atoms with Gasteiger partial charge in [-0.1, -0.05) is 18.5 Å². The Morgan fingerprint density at radius 1 is 1.32 bits per heavy atom. The van der Waals surface area contributed by atoms with Gasteiger partial charge in [-0.2, -0.15) is 5.10 Å². The van der Waals surface area contributed by atoms with E-state index < -0.39 is 6.04 Å². The Morgan fingerprint density at radius 2 is 2.18 bits per heavy atom. The van der Waals surface area contributed by atoms with Crippen LogP contribution in [0.15, 0.2) is 49.1 Å². The molecule has 0 radical (unpaired) electrons. The van der Waals surface area contributed by atoms with Gasteiger partial charge in [-0.15, -0.1) is 11.3 Å². The fraction of sp³-hybridized carbons (Fsp3) is 0.304. The van der Waals surface area contributed by atoms with Gasteiger partial charge in [0.25, 0.3) is 5.91 Å². The summed E-state index contributed by atoms with van der Waals surface area (Å²) in [5, 5.41) is 18.8. The van der Waals surface area contributed by atoms with Crippen molar-refractivity contribution >= 4 is 52.0 Å². The Bertz CT molecular complexity index is 1320. The van der Waals surface area contributed by atoms with Crippen LogP contribution in [0.1, 0.15) is 41.3 Å². The topological polar surface area (TPSA) is 104 Å². The Balaban J connectivity index is 1.35. The molecule has 3 N–H and O–H groups in total. The van der Waals surface area contributed by atoms with Crippen LogP contribution in [0.25, 0.3) is 16.0 Å². The van der Waals surface area contributed by atoms with Gasteiger partial charge in [0, 0.05) is 52.6 Å². The summed E-state index contributed by atoms with van der Waals surface area (Å²) >= 11 is 9.13. The number of hydrogen-bond acceptors (Lipinski definition) is 8. The molecule has 4 heterocycles. The van der Waals surface area contributed by atoms with Crippen LogP contribution in [0.3, 0.4) is 0 Å². The van der Waals surface area contributed by atoms with Crippen molar-refractivity contribution in [3.63, 3.8) is 0 Å². The molecule has 1 saturated carbocycles. The number of thiazole rings is 1. The minimum atomic E-state index is -0.465. The van der Waals surface area contributed by atoms with Crippen molar-refractivity contribution in [3.8, 4) is 10.4 Å². The minimum Gasteiger partial charge on any atom is -0.396 e. The number of rotatable bonds is 9. The molecule has 1 amide bonds. The van der Waals surface area contributed by atoms with E-state index in [9.17, 15) is 9.90 Å². The first-order valence-corrected chi connectivity index (χ1v) is 13.0. The van der Waals surface area contributed by atoms with Crippen molar-refractivity contribution in [3.05, 3.63) is 64.8 Å². The summed E-state index contributed by atoms with van der Waals surface area (Å²) in [6, 6.07) is 6.95. The molecule has 4 aromatic heterocycles. The molecule has 0 bridgehead atoms. The molecular formula is C23H23ClN6O2S2. The monoisotopic (exact) mass is 514 g/mol.